The first kappa shape index (κ1) is 14.1. The van der Waals surface area contributed by atoms with Gasteiger partial charge in [0, 0.05) is 18.7 Å². The Labute approximate surface area is 116 Å². The van der Waals surface area contributed by atoms with Crippen LogP contribution in [-0.4, -0.2) is 13.7 Å². The van der Waals surface area contributed by atoms with Crippen LogP contribution in [0.25, 0.3) is 0 Å². The lowest BCUT2D eigenvalue weighted by molar-refractivity contribution is 0.387. The first-order valence-electron chi connectivity index (χ1n) is 6.23. The highest BCUT2D eigenvalue weighted by Crippen LogP contribution is 2.35. The van der Waals surface area contributed by atoms with Gasteiger partial charge in [-0.25, -0.2) is 8.78 Å². The molecule has 3 nitrogen and oxygen atoms in total. The second kappa shape index (κ2) is 5.77. The first-order chi connectivity index (χ1) is 9.58. The molecule has 2 rings (SSSR count). The van der Waals surface area contributed by atoms with Crippen molar-refractivity contribution in [3.05, 3.63) is 48.0 Å². The largest absolute Gasteiger partial charge is 0.494 e. The Bertz CT molecular complexity index is 617. The molecule has 106 valence electrons. The van der Waals surface area contributed by atoms with Gasteiger partial charge in [-0.2, -0.15) is 0 Å². The minimum atomic E-state index is -0.543. The fourth-order valence-electron chi connectivity index (χ4n) is 2.09. The molecule has 0 heterocycles. The van der Waals surface area contributed by atoms with E-state index in [1.165, 1.54) is 25.3 Å². The maximum Gasteiger partial charge on any atom is 0.167 e. The number of methoxy groups -OCH3 is 1. The lowest BCUT2D eigenvalue weighted by Crippen LogP contribution is -2.19. The van der Waals surface area contributed by atoms with Gasteiger partial charge in [0.2, 0.25) is 0 Å². The van der Waals surface area contributed by atoms with Crippen LogP contribution in [0, 0.1) is 11.6 Å². The SMILES string of the molecule is CCN(c1cc(OC)c(F)cc1N)c1ccccc1F. The van der Waals surface area contributed by atoms with Gasteiger partial charge in [0.25, 0.3) is 0 Å². The summed E-state index contributed by atoms with van der Waals surface area (Å²) in [5, 5.41) is 0. The molecule has 20 heavy (non-hydrogen) atoms. The average molecular weight is 278 g/mol. The number of rotatable bonds is 4. The second-order valence-corrected chi connectivity index (χ2v) is 4.24. The molecule has 0 atom stereocenters. The zero-order chi connectivity index (χ0) is 14.7. The van der Waals surface area contributed by atoms with Crippen molar-refractivity contribution in [3.63, 3.8) is 0 Å². The van der Waals surface area contributed by atoms with Crippen molar-refractivity contribution in [2.45, 2.75) is 6.92 Å². The van der Waals surface area contributed by atoms with Gasteiger partial charge in [-0.3, -0.25) is 0 Å². The van der Waals surface area contributed by atoms with Gasteiger partial charge in [0.15, 0.2) is 11.6 Å². The number of hydrogen-bond acceptors (Lipinski definition) is 3. The Kier molecular flexibility index (Phi) is 4.08. The Hall–Kier alpha value is -2.30. The van der Waals surface area contributed by atoms with Gasteiger partial charge in [0.1, 0.15) is 5.82 Å². The predicted octanol–water partition coefficient (Wildman–Crippen LogP) is 3.71. The highest BCUT2D eigenvalue weighted by atomic mass is 19.1. The number of ether oxygens (including phenoxy) is 1. The van der Waals surface area contributed by atoms with Crippen LogP contribution in [0.2, 0.25) is 0 Å². The third kappa shape index (κ3) is 2.52. The number of nitrogens with two attached hydrogens (primary N) is 1. The summed E-state index contributed by atoms with van der Waals surface area (Å²) >= 11 is 0. The average Bonchev–Trinajstić information content (AvgIpc) is 2.43. The fourth-order valence-corrected chi connectivity index (χ4v) is 2.09. The molecular formula is C15H16F2N2O. The lowest BCUT2D eigenvalue weighted by atomic mass is 10.2. The monoisotopic (exact) mass is 278 g/mol. The van der Waals surface area contributed by atoms with Gasteiger partial charge in [0.05, 0.1) is 24.2 Å². The lowest BCUT2D eigenvalue weighted by Gasteiger charge is -2.25. The highest BCUT2D eigenvalue weighted by Gasteiger charge is 2.17. The summed E-state index contributed by atoms with van der Waals surface area (Å²) < 4.78 is 32.5. The Balaban J connectivity index is 2.55. The van der Waals surface area contributed by atoms with Crippen molar-refractivity contribution in [2.75, 3.05) is 24.3 Å². The number of nitrogen functional groups attached to an aromatic ring is 1. The Morgan fingerprint density at radius 3 is 2.40 bits per heavy atom. The number of anilines is 3. The molecule has 0 fully saturated rings. The minimum Gasteiger partial charge on any atom is -0.494 e. The molecule has 0 unspecified atom stereocenters. The molecule has 0 radical (unpaired) electrons. The van der Waals surface area contributed by atoms with Gasteiger partial charge in [-0.05, 0) is 19.1 Å². The smallest absolute Gasteiger partial charge is 0.167 e. The van der Waals surface area contributed by atoms with E-state index >= 15 is 0 Å². The number of halogens is 2. The fraction of sp³-hybridized carbons (Fsp3) is 0.200. The van der Waals surface area contributed by atoms with Crippen LogP contribution in [0.5, 0.6) is 5.75 Å². The number of para-hydroxylation sites is 1. The van der Waals surface area contributed by atoms with Crippen molar-refractivity contribution in [1.82, 2.24) is 0 Å². The number of benzene rings is 2. The van der Waals surface area contributed by atoms with E-state index in [1.54, 1.807) is 23.1 Å². The van der Waals surface area contributed by atoms with Crippen molar-refractivity contribution in [2.24, 2.45) is 0 Å². The molecular weight excluding hydrogens is 262 g/mol. The summed E-state index contributed by atoms with van der Waals surface area (Å²) in [6, 6.07) is 9.01. The van der Waals surface area contributed by atoms with Crippen LogP contribution in [0.15, 0.2) is 36.4 Å². The quantitative estimate of drug-likeness (QED) is 0.866. The van der Waals surface area contributed by atoms with Gasteiger partial charge in [-0.15, -0.1) is 0 Å². The summed E-state index contributed by atoms with van der Waals surface area (Å²) in [5.74, 6) is -0.834. The molecule has 0 saturated heterocycles. The summed E-state index contributed by atoms with van der Waals surface area (Å²) in [6.07, 6.45) is 0. The minimum absolute atomic E-state index is 0.0731. The maximum absolute atomic E-state index is 13.9. The van der Waals surface area contributed by atoms with E-state index in [2.05, 4.69) is 0 Å². The second-order valence-electron chi connectivity index (χ2n) is 4.24. The standard InChI is InChI=1S/C15H16F2N2O/c1-3-19(13-7-5-4-6-10(13)16)14-9-15(20-2)11(17)8-12(14)18/h4-9H,3,18H2,1-2H3. The van der Waals surface area contributed by atoms with E-state index in [0.717, 1.165) is 0 Å². The van der Waals surface area contributed by atoms with Crippen LogP contribution in [0.3, 0.4) is 0 Å². The van der Waals surface area contributed by atoms with Crippen LogP contribution >= 0.6 is 0 Å². The third-order valence-electron chi connectivity index (χ3n) is 3.05. The van der Waals surface area contributed by atoms with Crippen LogP contribution < -0.4 is 15.4 Å². The molecule has 2 aromatic carbocycles. The molecule has 0 saturated carbocycles. The molecule has 2 N–H and O–H groups in total. The molecule has 0 aromatic heterocycles. The predicted molar refractivity (Wildman–Crippen MR) is 76.4 cm³/mol. The number of hydrogen-bond donors (Lipinski definition) is 1. The van der Waals surface area contributed by atoms with E-state index in [0.29, 0.717) is 17.9 Å². The van der Waals surface area contributed by atoms with Crippen molar-refractivity contribution in [1.29, 1.82) is 0 Å². The van der Waals surface area contributed by atoms with Crippen molar-refractivity contribution >= 4 is 17.1 Å². The Morgan fingerprint density at radius 2 is 1.80 bits per heavy atom. The topological polar surface area (TPSA) is 38.5 Å². The summed E-state index contributed by atoms with van der Waals surface area (Å²) in [4.78, 5) is 1.67. The van der Waals surface area contributed by atoms with E-state index in [1.807, 2.05) is 6.92 Å². The zero-order valence-corrected chi connectivity index (χ0v) is 11.4. The van der Waals surface area contributed by atoms with Gasteiger partial charge in [-0.1, -0.05) is 12.1 Å². The normalized spacial score (nSPS) is 10.4. The molecule has 0 aliphatic heterocycles. The van der Waals surface area contributed by atoms with Crippen LogP contribution in [-0.2, 0) is 0 Å². The molecule has 2 aromatic rings. The van der Waals surface area contributed by atoms with Gasteiger partial charge < -0.3 is 15.4 Å². The van der Waals surface area contributed by atoms with E-state index < -0.39 is 5.82 Å². The molecule has 0 aliphatic carbocycles. The number of nitrogens with zero attached hydrogens (tertiary/aromatic N) is 1. The summed E-state index contributed by atoms with van der Waals surface area (Å²) in [7, 11) is 1.37. The van der Waals surface area contributed by atoms with Crippen LogP contribution in [0.1, 0.15) is 6.92 Å². The van der Waals surface area contributed by atoms with Gasteiger partial charge >= 0.3 is 0 Å². The molecule has 0 spiro atoms. The van der Waals surface area contributed by atoms with Crippen molar-refractivity contribution < 1.29 is 13.5 Å². The third-order valence-corrected chi connectivity index (χ3v) is 3.05. The molecule has 5 heteroatoms. The first-order valence-corrected chi connectivity index (χ1v) is 6.23. The van der Waals surface area contributed by atoms with Crippen LogP contribution in [0.4, 0.5) is 25.8 Å². The maximum atomic E-state index is 13.9. The van der Waals surface area contributed by atoms with Crippen molar-refractivity contribution in [3.8, 4) is 5.75 Å². The Morgan fingerprint density at radius 1 is 1.10 bits per heavy atom. The molecule has 0 aliphatic rings. The summed E-state index contributed by atoms with van der Waals surface area (Å²) in [5.41, 5.74) is 6.97. The van der Waals surface area contributed by atoms with E-state index in [9.17, 15) is 8.78 Å². The van der Waals surface area contributed by atoms with E-state index in [4.69, 9.17) is 10.5 Å². The highest BCUT2D eigenvalue weighted by molar-refractivity contribution is 5.76. The molecule has 0 amide bonds. The summed E-state index contributed by atoms with van der Waals surface area (Å²) in [6.45, 7) is 2.35. The molecule has 0 bridgehead atoms. The zero-order valence-electron chi connectivity index (χ0n) is 11.4. The van der Waals surface area contributed by atoms with E-state index in [-0.39, 0.29) is 17.3 Å².